The third-order valence-corrected chi connectivity index (χ3v) is 4.76. The van der Waals surface area contributed by atoms with Gasteiger partial charge in [0.25, 0.3) is 5.91 Å². The van der Waals surface area contributed by atoms with Crippen molar-refractivity contribution >= 4 is 29.1 Å². The predicted molar refractivity (Wildman–Crippen MR) is 109 cm³/mol. The van der Waals surface area contributed by atoms with Crippen molar-refractivity contribution in [2.24, 2.45) is 0 Å². The van der Waals surface area contributed by atoms with E-state index in [2.05, 4.69) is 25.7 Å². The van der Waals surface area contributed by atoms with Crippen molar-refractivity contribution in [3.05, 3.63) is 53.4 Å². The Morgan fingerprint density at radius 1 is 1.31 bits per heavy atom. The number of hydrogen-bond donors (Lipinski definition) is 2. The number of hydrogen-bond acceptors (Lipinski definition) is 6. The van der Waals surface area contributed by atoms with E-state index in [0.29, 0.717) is 28.3 Å². The molecular weight excluding hydrogens is 390 g/mol. The first-order chi connectivity index (χ1) is 14.0. The van der Waals surface area contributed by atoms with Gasteiger partial charge in [-0.05, 0) is 31.9 Å². The van der Waals surface area contributed by atoms with Crippen LogP contribution in [-0.4, -0.2) is 31.7 Å². The van der Waals surface area contributed by atoms with Crippen LogP contribution in [0.4, 0.5) is 11.6 Å². The highest BCUT2D eigenvalue weighted by molar-refractivity contribution is 6.32. The Morgan fingerprint density at radius 2 is 2.07 bits per heavy atom. The molecule has 0 radical (unpaired) electrons. The monoisotopic (exact) mass is 407 g/mol. The molecule has 0 bridgehead atoms. The third kappa shape index (κ3) is 4.36. The minimum absolute atomic E-state index is 0.311. The number of carbonyl (C=O) groups is 1. The first-order valence-corrected chi connectivity index (χ1v) is 9.56. The Hall–Kier alpha value is -3.44. The molecule has 1 atom stereocenters. The van der Waals surface area contributed by atoms with E-state index in [1.54, 1.807) is 37.4 Å². The second-order valence-corrected chi connectivity index (χ2v) is 7.26. The van der Waals surface area contributed by atoms with Crippen LogP contribution in [0.15, 0.2) is 42.9 Å². The number of aromatic nitrogens is 4. The minimum atomic E-state index is -0.559. The lowest BCUT2D eigenvalue weighted by Gasteiger charge is -2.09. The van der Waals surface area contributed by atoms with Crippen LogP contribution in [0.5, 0.6) is 0 Å². The zero-order chi connectivity index (χ0) is 20.4. The number of halogens is 1. The van der Waals surface area contributed by atoms with Gasteiger partial charge in [-0.3, -0.25) is 9.48 Å². The van der Waals surface area contributed by atoms with Crippen LogP contribution < -0.4 is 10.6 Å². The summed E-state index contributed by atoms with van der Waals surface area (Å²) in [5.41, 5.74) is 2.56. The Balaban J connectivity index is 1.52. The number of anilines is 2. The Bertz CT molecular complexity index is 1080. The van der Waals surface area contributed by atoms with Crippen molar-refractivity contribution in [1.29, 1.82) is 5.26 Å². The summed E-state index contributed by atoms with van der Waals surface area (Å²) in [7, 11) is 0. The van der Waals surface area contributed by atoms with Gasteiger partial charge < -0.3 is 10.6 Å². The average Bonchev–Trinajstić information content (AvgIpc) is 3.48. The number of carbonyl (C=O) groups excluding carboxylic acids is 1. The van der Waals surface area contributed by atoms with E-state index in [1.165, 1.54) is 6.20 Å². The van der Waals surface area contributed by atoms with E-state index >= 15 is 0 Å². The molecule has 2 aromatic heterocycles. The second-order valence-electron chi connectivity index (χ2n) is 6.86. The highest BCUT2D eigenvalue weighted by Crippen LogP contribution is 2.35. The van der Waals surface area contributed by atoms with Crippen LogP contribution in [0.25, 0.3) is 11.3 Å². The molecule has 1 aliphatic carbocycles. The fourth-order valence-corrected chi connectivity index (χ4v) is 2.99. The van der Waals surface area contributed by atoms with E-state index in [4.69, 9.17) is 16.9 Å². The second kappa shape index (κ2) is 7.89. The third-order valence-electron chi connectivity index (χ3n) is 4.48. The van der Waals surface area contributed by atoms with Crippen LogP contribution in [0.3, 0.4) is 0 Å². The molecule has 29 heavy (non-hydrogen) atoms. The van der Waals surface area contributed by atoms with Crippen LogP contribution in [-0.2, 0) is 0 Å². The van der Waals surface area contributed by atoms with Gasteiger partial charge in [0.2, 0.25) is 5.95 Å². The molecule has 4 rings (SSSR count). The molecule has 8 nitrogen and oxygen atoms in total. The molecule has 0 spiro atoms. The summed E-state index contributed by atoms with van der Waals surface area (Å²) in [5.74, 6) is 0.0961. The molecule has 146 valence electrons. The molecular formula is C20H18ClN7O. The molecule has 1 aromatic carbocycles. The Morgan fingerprint density at radius 3 is 2.76 bits per heavy atom. The van der Waals surface area contributed by atoms with Gasteiger partial charge in [0, 0.05) is 17.3 Å². The Kier molecular flexibility index (Phi) is 5.14. The summed E-state index contributed by atoms with van der Waals surface area (Å²) in [4.78, 5) is 20.8. The van der Waals surface area contributed by atoms with Crippen molar-refractivity contribution in [3.8, 4) is 17.3 Å². The molecule has 1 fully saturated rings. The molecule has 3 aromatic rings. The van der Waals surface area contributed by atoms with Gasteiger partial charge in [-0.15, -0.1) is 0 Å². The van der Waals surface area contributed by atoms with E-state index in [0.717, 1.165) is 24.1 Å². The maximum atomic E-state index is 12.1. The van der Waals surface area contributed by atoms with Crippen LogP contribution in [0.1, 0.15) is 36.2 Å². The fraction of sp³-hybridized carbons (Fsp3) is 0.250. The molecule has 0 unspecified atom stereocenters. The number of nitrogens with one attached hydrogen (secondary N) is 2. The highest BCUT2D eigenvalue weighted by Gasteiger charge is 2.24. The molecule has 1 amide bonds. The van der Waals surface area contributed by atoms with Gasteiger partial charge in [0.1, 0.15) is 6.04 Å². The lowest BCUT2D eigenvalue weighted by molar-refractivity contribution is 0.0948. The van der Waals surface area contributed by atoms with Crippen molar-refractivity contribution in [2.75, 3.05) is 5.32 Å². The lowest BCUT2D eigenvalue weighted by atomic mass is 10.1. The number of nitriles is 1. The smallest absolute Gasteiger partial charge is 0.252 e. The molecule has 1 saturated carbocycles. The fourth-order valence-electron chi connectivity index (χ4n) is 2.79. The number of rotatable bonds is 6. The van der Waals surface area contributed by atoms with Crippen molar-refractivity contribution < 1.29 is 4.79 Å². The molecule has 0 aliphatic heterocycles. The molecule has 1 aliphatic rings. The lowest BCUT2D eigenvalue weighted by Crippen LogP contribution is -2.31. The summed E-state index contributed by atoms with van der Waals surface area (Å²) < 4.78 is 1.94. The van der Waals surface area contributed by atoms with Gasteiger partial charge in [0.15, 0.2) is 0 Å². The standard InChI is InChI=1S/C20H18ClN7O/c1-12(8-22)25-19(29)14-4-2-13(3-5-14)18-17(21)10-23-20(27-18)26-15-9-24-28(11-15)16-6-7-16/h2-5,9-12,16H,6-7H2,1H3,(H,25,29)(H,23,26,27)/t12-/m1/s1. The van der Waals surface area contributed by atoms with Crippen molar-refractivity contribution in [1.82, 2.24) is 25.1 Å². The van der Waals surface area contributed by atoms with Crippen LogP contribution in [0, 0.1) is 11.3 Å². The van der Waals surface area contributed by atoms with E-state index in [-0.39, 0.29) is 5.91 Å². The SMILES string of the molecule is C[C@H](C#N)NC(=O)c1ccc(-c2nc(Nc3cnn(C4CC4)c3)ncc2Cl)cc1. The summed E-state index contributed by atoms with van der Waals surface area (Å²) in [6, 6.07) is 8.76. The van der Waals surface area contributed by atoms with E-state index < -0.39 is 6.04 Å². The zero-order valence-electron chi connectivity index (χ0n) is 15.6. The Labute approximate surface area is 172 Å². The van der Waals surface area contributed by atoms with E-state index in [1.807, 2.05) is 16.9 Å². The van der Waals surface area contributed by atoms with Crippen LogP contribution in [0.2, 0.25) is 5.02 Å². The quantitative estimate of drug-likeness (QED) is 0.644. The van der Waals surface area contributed by atoms with Crippen molar-refractivity contribution in [2.45, 2.75) is 31.8 Å². The van der Waals surface area contributed by atoms with Crippen molar-refractivity contribution in [3.63, 3.8) is 0 Å². The molecule has 0 saturated heterocycles. The number of benzene rings is 1. The minimum Gasteiger partial charge on any atom is -0.337 e. The van der Waals surface area contributed by atoms with Crippen LogP contribution >= 0.6 is 11.6 Å². The summed E-state index contributed by atoms with van der Waals surface area (Å²) in [5, 5.41) is 19.3. The number of amides is 1. The molecule has 9 heteroatoms. The summed E-state index contributed by atoms with van der Waals surface area (Å²) in [6.07, 6.45) is 7.53. The largest absolute Gasteiger partial charge is 0.337 e. The molecule has 2 heterocycles. The average molecular weight is 408 g/mol. The maximum Gasteiger partial charge on any atom is 0.252 e. The van der Waals surface area contributed by atoms with Gasteiger partial charge >= 0.3 is 0 Å². The molecule has 2 N–H and O–H groups in total. The van der Waals surface area contributed by atoms with Gasteiger partial charge in [-0.25, -0.2) is 9.97 Å². The van der Waals surface area contributed by atoms with Gasteiger partial charge in [0.05, 0.1) is 40.9 Å². The normalized spacial score (nSPS) is 14.1. The predicted octanol–water partition coefficient (Wildman–Crippen LogP) is 3.71. The van der Waals surface area contributed by atoms with Gasteiger partial charge in [-0.2, -0.15) is 10.4 Å². The summed E-state index contributed by atoms with van der Waals surface area (Å²) >= 11 is 6.29. The first-order valence-electron chi connectivity index (χ1n) is 9.18. The number of nitrogens with zero attached hydrogens (tertiary/aromatic N) is 5. The highest BCUT2D eigenvalue weighted by atomic mass is 35.5. The summed E-state index contributed by atoms with van der Waals surface area (Å²) in [6.45, 7) is 1.62. The van der Waals surface area contributed by atoms with Gasteiger partial charge in [-0.1, -0.05) is 23.7 Å². The topological polar surface area (TPSA) is 109 Å². The zero-order valence-corrected chi connectivity index (χ0v) is 16.4. The van der Waals surface area contributed by atoms with E-state index in [9.17, 15) is 4.79 Å². The maximum absolute atomic E-state index is 12.1. The first kappa shape index (κ1) is 18.9.